The van der Waals surface area contributed by atoms with E-state index in [1.807, 2.05) is 11.4 Å². The predicted octanol–water partition coefficient (Wildman–Crippen LogP) is 3.07. The molecule has 1 saturated carbocycles. The Labute approximate surface area is 96.1 Å². The van der Waals surface area contributed by atoms with Gasteiger partial charge in [-0.1, -0.05) is 0 Å². The number of nitrogens with zero attached hydrogens (tertiary/aromatic N) is 1. The van der Waals surface area contributed by atoms with Gasteiger partial charge in [0.15, 0.2) is 0 Å². The van der Waals surface area contributed by atoms with Gasteiger partial charge in [-0.3, -0.25) is 5.32 Å². The van der Waals surface area contributed by atoms with E-state index in [-0.39, 0.29) is 6.04 Å². The van der Waals surface area contributed by atoms with E-state index >= 15 is 0 Å². The van der Waals surface area contributed by atoms with Crippen molar-refractivity contribution in [1.29, 1.82) is 5.26 Å². The zero-order valence-corrected chi connectivity index (χ0v) is 10.1. The van der Waals surface area contributed by atoms with Crippen molar-refractivity contribution in [3.05, 3.63) is 20.8 Å². The standard InChI is InChI=1S/C10H11BrN2S/c11-8-3-10(14-6-8)9(4-12)13-5-7-1-2-7/h3,6-7,9,13H,1-2,5H2. The minimum Gasteiger partial charge on any atom is -0.297 e. The number of nitriles is 1. The highest BCUT2D eigenvalue weighted by Crippen LogP contribution is 2.30. The van der Waals surface area contributed by atoms with E-state index in [0.717, 1.165) is 21.8 Å². The summed E-state index contributed by atoms with van der Waals surface area (Å²) in [5.74, 6) is 0.814. The van der Waals surface area contributed by atoms with Crippen molar-refractivity contribution in [1.82, 2.24) is 5.32 Å². The first-order chi connectivity index (χ1) is 6.79. The first kappa shape index (κ1) is 10.2. The van der Waals surface area contributed by atoms with Crippen molar-refractivity contribution >= 4 is 27.3 Å². The summed E-state index contributed by atoms with van der Waals surface area (Å²) in [6.45, 7) is 0.980. The maximum Gasteiger partial charge on any atom is 0.130 e. The molecule has 1 N–H and O–H groups in total. The van der Waals surface area contributed by atoms with Crippen LogP contribution in [0.5, 0.6) is 0 Å². The molecule has 0 aliphatic heterocycles. The van der Waals surface area contributed by atoms with Crippen molar-refractivity contribution in [2.24, 2.45) is 5.92 Å². The summed E-state index contributed by atoms with van der Waals surface area (Å²) in [4.78, 5) is 1.10. The van der Waals surface area contributed by atoms with Gasteiger partial charge in [0.2, 0.25) is 0 Å². The molecular weight excluding hydrogens is 260 g/mol. The topological polar surface area (TPSA) is 35.8 Å². The van der Waals surface area contributed by atoms with Crippen LogP contribution in [-0.2, 0) is 0 Å². The van der Waals surface area contributed by atoms with Crippen LogP contribution in [0.3, 0.4) is 0 Å². The van der Waals surface area contributed by atoms with Gasteiger partial charge in [-0.2, -0.15) is 5.26 Å². The van der Waals surface area contributed by atoms with Gasteiger partial charge in [-0.25, -0.2) is 0 Å². The molecule has 0 bridgehead atoms. The number of nitrogens with one attached hydrogen (secondary N) is 1. The molecule has 74 valence electrons. The third-order valence-corrected chi connectivity index (χ3v) is 4.07. The highest BCUT2D eigenvalue weighted by molar-refractivity contribution is 9.10. The molecule has 1 atom stereocenters. The van der Waals surface area contributed by atoms with Crippen LogP contribution in [0.15, 0.2) is 15.9 Å². The molecule has 0 amide bonds. The number of hydrogen-bond donors (Lipinski definition) is 1. The molecule has 1 aromatic rings. The quantitative estimate of drug-likeness (QED) is 0.913. The average molecular weight is 271 g/mol. The van der Waals surface area contributed by atoms with Crippen LogP contribution in [0.2, 0.25) is 0 Å². The van der Waals surface area contributed by atoms with Gasteiger partial charge < -0.3 is 0 Å². The molecule has 1 aliphatic rings. The van der Waals surface area contributed by atoms with E-state index in [9.17, 15) is 0 Å². The molecular formula is C10H11BrN2S. The number of hydrogen-bond acceptors (Lipinski definition) is 3. The van der Waals surface area contributed by atoms with Crippen LogP contribution >= 0.6 is 27.3 Å². The molecule has 0 radical (unpaired) electrons. The molecule has 1 aromatic heterocycles. The zero-order valence-electron chi connectivity index (χ0n) is 7.66. The van der Waals surface area contributed by atoms with Gasteiger partial charge in [0.1, 0.15) is 6.04 Å². The second kappa shape index (κ2) is 4.43. The molecule has 1 fully saturated rings. The molecule has 0 spiro atoms. The maximum absolute atomic E-state index is 9.00. The van der Waals surface area contributed by atoms with Gasteiger partial charge in [0.25, 0.3) is 0 Å². The fourth-order valence-corrected chi connectivity index (χ4v) is 2.76. The van der Waals surface area contributed by atoms with Gasteiger partial charge in [0, 0.05) is 14.7 Å². The Morgan fingerprint density at radius 1 is 1.71 bits per heavy atom. The summed E-state index contributed by atoms with van der Waals surface area (Å²) in [7, 11) is 0. The molecule has 1 heterocycles. The van der Waals surface area contributed by atoms with Crippen LogP contribution in [0.1, 0.15) is 23.8 Å². The van der Waals surface area contributed by atoms with Crippen LogP contribution in [0.4, 0.5) is 0 Å². The van der Waals surface area contributed by atoms with Crippen LogP contribution in [0.25, 0.3) is 0 Å². The number of halogens is 1. The third kappa shape index (κ3) is 2.57. The lowest BCUT2D eigenvalue weighted by Gasteiger charge is -2.08. The molecule has 0 saturated heterocycles. The van der Waals surface area contributed by atoms with Crippen molar-refractivity contribution < 1.29 is 0 Å². The Bertz CT molecular complexity index is 351. The summed E-state index contributed by atoms with van der Waals surface area (Å²) >= 11 is 5.02. The summed E-state index contributed by atoms with van der Waals surface area (Å²) in [6, 6.07) is 4.17. The molecule has 2 nitrogen and oxygen atoms in total. The Balaban J connectivity index is 1.94. The Kier molecular flexibility index (Phi) is 3.22. The molecule has 1 unspecified atom stereocenters. The van der Waals surface area contributed by atoms with Crippen molar-refractivity contribution in [2.75, 3.05) is 6.54 Å². The lowest BCUT2D eigenvalue weighted by Crippen LogP contribution is -2.21. The van der Waals surface area contributed by atoms with E-state index in [0.29, 0.717) is 0 Å². The summed E-state index contributed by atoms with van der Waals surface area (Å²) in [5, 5.41) is 14.3. The third-order valence-electron chi connectivity index (χ3n) is 2.31. The summed E-state index contributed by atoms with van der Waals surface area (Å²) in [6.07, 6.45) is 2.64. The van der Waals surface area contributed by atoms with Gasteiger partial charge in [-0.15, -0.1) is 11.3 Å². The van der Waals surface area contributed by atoms with Crippen LogP contribution < -0.4 is 5.32 Å². The zero-order chi connectivity index (χ0) is 9.97. The maximum atomic E-state index is 9.00. The Hall–Kier alpha value is -0.370. The van der Waals surface area contributed by atoms with E-state index in [1.54, 1.807) is 11.3 Å². The van der Waals surface area contributed by atoms with Gasteiger partial charge in [0.05, 0.1) is 6.07 Å². The molecule has 2 rings (SSSR count). The van der Waals surface area contributed by atoms with Crippen molar-refractivity contribution in [2.45, 2.75) is 18.9 Å². The smallest absolute Gasteiger partial charge is 0.130 e. The molecule has 14 heavy (non-hydrogen) atoms. The van der Waals surface area contributed by atoms with Gasteiger partial charge in [-0.05, 0) is 47.3 Å². The Morgan fingerprint density at radius 2 is 2.50 bits per heavy atom. The second-order valence-corrected chi connectivity index (χ2v) is 5.44. The largest absolute Gasteiger partial charge is 0.297 e. The lowest BCUT2D eigenvalue weighted by atomic mass is 10.2. The number of thiophene rings is 1. The minimum absolute atomic E-state index is 0.133. The second-order valence-electron chi connectivity index (χ2n) is 3.58. The van der Waals surface area contributed by atoms with Crippen molar-refractivity contribution in [3.8, 4) is 6.07 Å². The highest BCUT2D eigenvalue weighted by Gasteiger charge is 2.22. The summed E-state index contributed by atoms with van der Waals surface area (Å²) < 4.78 is 1.06. The fraction of sp³-hybridized carbons (Fsp3) is 0.500. The average Bonchev–Trinajstić information content (AvgIpc) is 2.90. The highest BCUT2D eigenvalue weighted by atomic mass is 79.9. The first-order valence-electron chi connectivity index (χ1n) is 4.66. The van der Waals surface area contributed by atoms with Crippen LogP contribution in [0, 0.1) is 17.2 Å². The predicted molar refractivity (Wildman–Crippen MR) is 61.1 cm³/mol. The minimum atomic E-state index is -0.133. The molecule has 1 aliphatic carbocycles. The van der Waals surface area contributed by atoms with E-state index < -0.39 is 0 Å². The van der Waals surface area contributed by atoms with Crippen molar-refractivity contribution in [3.63, 3.8) is 0 Å². The summed E-state index contributed by atoms with van der Waals surface area (Å²) in [5.41, 5.74) is 0. The Morgan fingerprint density at radius 3 is 3.00 bits per heavy atom. The van der Waals surface area contributed by atoms with Crippen LogP contribution in [-0.4, -0.2) is 6.54 Å². The molecule has 4 heteroatoms. The SMILES string of the molecule is N#CC(NCC1CC1)c1cc(Br)cs1. The van der Waals surface area contributed by atoms with E-state index in [4.69, 9.17) is 5.26 Å². The lowest BCUT2D eigenvalue weighted by molar-refractivity contribution is 0.599. The first-order valence-corrected chi connectivity index (χ1v) is 6.34. The molecule has 0 aromatic carbocycles. The fourth-order valence-electron chi connectivity index (χ4n) is 1.30. The van der Waals surface area contributed by atoms with Gasteiger partial charge >= 0.3 is 0 Å². The number of rotatable bonds is 4. The van der Waals surface area contributed by atoms with E-state index in [2.05, 4.69) is 27.3 Å². The monoisotopic (exact) mass is 270 g/mol. The normalized spacial score (nSPS) is 17.7. The van der Waals surface area contributed by atoms with E-state index in [1.165, 1.54) is 12.8 Å².